The van der Waals surface area contributed by atoms with Crippen LogP contribution in [-0.2, 0) is 39.8 Å². The molecule has 0 saturated heterocycles. The highest BCUT2D eigenvalue weighted by Crippen LogP contribution is 2.33. The minimum absolute atomic E-state index is 0.00869. The van der Waals surface area contributed by atoms with Gasteiger partial charge in [-0.15, -0.1) is 0 Å². The van der Waals surface area contributed by atoms with Gasteiger partial charge < -0.3 is 55.8 Å². The summed E-state index contributed by atoms with van der Waals surface area (Å²) in [5, 5.41) is 3.29. The molecule has 228 valence electrons. The molecule has 3 atom stereocenters. The van der Waals surface area contributed by atoms with Gasteiger partial charge in [0.05, 0.1) is 5.67 Å². The van der Waals surface area contributed by atoms with Crippen molar-refractivity contribution in [3.8, 4) is 0 Å². The van der Waals surface area contributed by atoms with Gasteiger partial charge in [0.1, 0.15) is 11.3 Å². The molecular formula is C21H48N6O9Si3. The summed E-state index contributed by atoms with van der Waals surface area (Å²) in [6.07, 6.45) is 1.68. The average Bonchev–Trinajstić information content (AvgIpc) is 2.97. The number of nitrogen functional groups attached to an aromatic ring is 1. The molecule has 0 aromatic carbocycles. The molecule has 39 heavy (non-hydrogen) atoms. The van der Waals surface area contributed by atoms with Crippen molar-refractivity contribution in [3.05, 3.63) is 0 Å². The molecule has 0 radical (unpaired) electrons. The largest absolute Gasteiger partial charge is 0.523 e. The molecule has 1 heterocycles. The first kappa shape index (κ1) is 35.7. The number of nitrogens with one attached hydrogen (secondary N) is 1. The number of hydrogen-bond acceptors (Lipinski definition) is 15. The Morgan fingerprint density at radius 3 is 1.31 bits per heavy atom. The predicted molar refractivity (Wildman–Crippen MR) is 153 cm³/mol. The van der Waals surface area contributed by atoms with E-state index in [1.165, 1.54) is 0 Å². The van der Waals surface area contributed by atoms with E-state index in [0.29, 0.717) is 19.3 Å². The topological polar surface area (TPSA) is 163 Å². The van der Waals surface area contributed by atoms with Gasteiger partial charge in [0.15, 0.2) is 0 Å². The van der Waals surface area contributed by atoms with E-state index in [1.54, 1.807) is 64.0 Å². The van der Waals surface area contributed by atoms with Crippen molar-refractivity contribution in [1.29, 1.82) is 0 Å². The van der Waals surface area contributed by atoms with Crippen molar-refractivity contribution in [2.24, 2.45) is 0 Å². The summed E-state index contributed by atoms with van der Waals surface area (Å²) < 4.78 is 52.6. The second-order valence-electron chi connectivity index (χ2n) is 8.33. The van der Waals surface area contributed by atoms with Gasteiger partial charge in [-0.25, -0.2) is 0 Å². The molecule has 3 unspecified atom stereocenters. The van der Waals surface area contributed by atoms with Crippen LogP contribution in [0.3, 0.4) is 0 Å². The predicted octanol–water partition coefficient (Wildman–Crippen LogP) is 1.26. The van der Waals surface area contributed by atoms with E-state index in [9.17, 15) is 0 Å². The van der Waals surface area contributed by atoms with Gasteiger partial charge in [0.2, 0.25) is 17.8 Å². The second kappa shape index (κ2) is 16.2. The minimum Gasteiger partial charge on any atom is -0.376 e. The van der Waals surface area contributed by atoms with Crippen LogP contribution in [0.25, 0.3) is 0 Å². The Morgan fingerprint density at radius 1 is 0.615 bits per heavy atom. The van der Waals surface area contributed by atoms with Gasteiger partial charge in [-0.05, 0) is 19.3 Å². The van der Waals surface area contributed by atoms with Gasteiger partial charge in [-0.2, -0.15) is 15.0 Å². The summed E-state index contributed by atoms with van der Waals surface area (Å²) in [5.74, 6) is 0.441. The summed E-state index contributed by atoms with van der Waals surface area (Å²) in [6.45, 7) is 5.96. The fourth-order valence-electron chi connectivity index (χ4n) is 4.88. The van der Waals surface area contributed by atoms with Crippen LogP contribution in [0.15, 0.2) is 0 Å². The zero-order valence-corrected chi connectivity index (χ0v) is 28.4. The number of anilines is 3. The van der Waals surface area contributed by atoms with E-state index in [-0.39, 0.29) is 23.5 Å². The maximum atomic E-state index is 6.24. The molecule has 1 aromatic rings. The van der Waals surface area contributed by atoms with E-state index in [0.717, 1.165) is 0 Å². The Bertz CT molecular complexity index is 801. The quantitative estimate of drug-likeness (QED) is 0.202. The van der Waals surface area contributed by atoms with Crippen molar-refractivity contribution >= 4 is 44.3 Å². The molecule has 18 heteroatoms. The summed E-state index contributed by atoms with van der Waals surface area (Å²) in [7, 11) is 4.17. The monoisotopic (exact) mass is 612 g/mol. The van der Waals surface area contributed by atoms with E-state index in [1.807, 2.05) is 25.7 Å². The minimum atomic E-state index is -3.34. The second-order valence-corrected chi connectivity index (χ2v) is 17.7. The van der Waals surface area contributed by atoms with Crippen molar-refractivity contribution in [2.45, 2.75) is 57.0 Å². The van der Waals surface area contributed by atoms with Crippen LogP contribution in [0.5, 0.6) is 0 Å². The number of rotatable bonds is 20. The van der Waals surface area contributed by atoms with Crippen LogP contribution in [0.2, 0.25) is 0 Å². The number of nitrogens with two attached hydrogens (primary N) is 1. The summed E-state index contributed by atoms with van der Waals surface area (Å²) in [6, 6.07) is 0. The van der Waals surface area contributed by atoms with E-state index >= 15 is 0 Å². The van der Waals surface area contributed by atoms with Gasteiger partial charge in [-0.1, -0.05) is 20.8 Å². The van der Waals surface area contributed by atoms with E-state index in [4.69, 9.17) is 50.6 Å². The standard InChI is InChI=1S/C21H48N6O9Si3/c1-13-16(37(28-4,29-5)30-6)23-20-24-19(22)25-21(26-20)27(17(14-2)38(31-7,32-8)33-9)18(15-3)39(34-10,35-11)36-12/h16-18H,13-15H2,1-12H3,(H3,22,23,24,25,26). The van der Waals surface area contributed by atoms with Gasteiger partial charge >= 0.3 is 26.4 Å². The van der Waals surface area contributed by atoms with Crippen LogP contribution in [0, 0.1) is 0 Å². The molecule has 1 aromatic heterocycles. The molecule has 0 amide bonds. The molecule has 0 saturated carbocycles. The highest BCUT2D eigenvalue weighted by atomic mass is 28.4. The summed E-state index contributed by atoms with van der Waals surface area (Å²) >= 11 is 0. The summed E-state index contributed by atoms with van der Waals surface area (Å²) in [4.78, 5) is 15.6. The summed E-state index contributed by atoms with van der Waals surface area (Å²) in [5.41, 5.74) is 4.92. The van der Waals surface area contributed by atoms with Crippen molar-refractivity contribution in [2.75, 3.05) is 79.9 Å². The van der Waals surface area contributed by atoms with Crippen LogP contribution < -0.4 is 16.0 Å². The van der Waals surface area contributed by atoms with Crippen molar-refractivity contribution in [1.82, 2.24) is 15.0 Å². The third kappa shape index (κ3) is 7.32. The molecule has 15 nitrogen and oxygen atoms in total. The molecule has 1 rings (SSSR count). The number of hydrogen-bond donors (Lipinski definition) is 2. The molecule has 0 aliphatic rings. The first-order valence-electron chi connectivity index (χ1n) is 12.6. The van der Waals surface area contributed by atoms with E-state index in [2.05, 4.69) is 15.3 Å². The lowest BCUT2D eigenvalue weighted by Gasteiger charge is -2.46. The maximum absolute atomic E-state index is 6.24. The molecule has 0 aliphatic heterocycles. The van der Waals surface area contributed by atoms with Crippen LogP contribution >= 0.6 is 0 Å². The van der Waals surface area contributed by atoms with Gasteiger partial charge in [0.25, 0.3) is 0 Å². The SMILES string of the molecule is CCC(Nc1nc(N)nc(N(C(CC)[Si](OC)(OC)OC)C(CC)[Si](OC)(OC)OC)n1)[Si](OC)(OC)OC. The Balaban J connectivity index is 3.93. The zero-order chi connectivity index (χ0) is 29.9. The van der Waals surface area contributed by atoms with Crippen LogP contribution in [0.1, 0.15) is 40.0 Å². The fraction of sp³-hybridized carbons (Fsp3) is 0.857. The Morgan fingerprint density at radius 2 is 1.00 bits per heavy atom. The Kier molecular flexibility index (Phi) is 14.9. The van der Waals surface area contributed by atoms with Gasteiger partial charge in [0, 0.05) is 64.0 Å². The molecule has 0 aliphatic carbocycles. The third-order valence-electron chi connectivity index (χ3n) is 6.83. The fourth-order valence-corrected chi connectivity index (χ4v) is 12.1. The first-order chi connectivity index (χ1) is 18.6. The smallest absolute Gasteiger partial charge is 0.376 e. The molecule has 0 spiro atoms. The Labute approximate surface area is 236 Å². The lowest BCUT2D eigenvalue weighted by atomic mass is 10.3. The number of nitrogens with zero attached hydrogens (tertiary/aromatic N) is 4. The average molecular weight is 613 g/mol. The first-order valence-corrected chi connectivity index (χ1v) is 18.0. The molecular weight excluding hydrogens is 565 g/mol. The molecule has 3 N–H and O–H groups in total. The molecule has 0 fully saturated rings. The maximum Gasteiger partial charge on any atom is 0.523 e. The Hall–Kier alpha value is -1.30. The van der Waals surface area contributed by atoms with Crippen LogP contribution in [0.4, 0.5) is 17.8 Å². The van der Waals surface area contributed by atoms with E-state index < -0.39 is 37.7 Å². The zero-order valence-electron chi connectivity index (χ0n) is 25.4. The molecule has 0 bridgehead atoms. The van der Waals surface area contributed by atoms with Crippen molar-refractivity contribution < 1.29 is 39.8 Å². The third-order valence-corrected chi connectivity index (χ3v) is 16.4. The van der Waals surface area contributed by atoms with Gasteiger partial charge in [-0.3, -0.25) is 0 Å². The lowest BCUT2D eigenvalue weighted by Crippen LogP contribution is -2.70. The normalized spacial score (nSPS) is 15.2. The van der Waals surface area contributed by atoms with Crippen LogP contribution in [-0.4, -0.2) is 122 Å². The highest BCUT2D eigenvalue weighted by molar-refractivity contribution is 6.65. The highest BCUT2D eigenvalue weighted by Gasteiger charge is 2.58. The lowest BCUT2D eigenvalue weighted by molar-refractivity contribution is 0.0972. The number of aromatic nitrogens is 3. The van der Waals surface area contributed by atoms with Crippen molar-refractivity contribution in [3.63, 3.8) is 0 Å².